The Morgan fingerprint density at radius 2 is 1.83 bits per heavy atom. The number of anilines is 6. The van der Waals surface area contributed by atoms with E-state index in [1.165, 1.54) is 0 Å². The van der Waals surface area contributed by atoms with E-state index in [1.54, 1.807) is 25.3 Å². The Balaban J connectivity index is 1.40. The molecule has 1 aromatic heterocycles. The summed E-state index contributed by atoms with van der Waals surface area (Å²) >= 11 is 0. The highest BCUT2D eigenvalue weighted by atomic mass is 32.2. The number of hydrogen-bond donors (Lipinski definition) is 3. The molecule has 0 saturated carbocycles. The molecular weight excluding hydrogens is 538 g/mol. The van der Waals surface area contributed by atoms with Gasteiger partial charge >= 0.3 is 0 Å². The molecule has 0 unspecified atom stereocenters. The number of methoxy groups -OCH3 is 1. The SMILES string of the molecule is COc1cc(N2CCC(N(C)C)CC2)ccc1Nc1nc2c(c(Nc3ccccc3S(=O)(=O)CC(C)C)n1)CCN2. The molecule has 0 amide bonds. The molecule has 2 aliphatic rings. The van der Waals surface area contributed by atoms with Crippen molar-refractivity contribution in [3.8, 4) is 5.75 Å². The highest BCUT2D eigenvalue weighted by molar-refractivity contribution is 7.91. The van der Waals surface area contributed by atoms with Crippen molar-refractivity contribution in [3.63, 3.8) is 0 Å². The van der Waals surface area contributed by atoms with E-state index >= 15 is 0 Å². The van der Waals surface area contributed by atoms with Crippen molar-refractivity contribution in [1.29, 1.82) is 0 Å². The standard InChI is InChI=1S/C30H41N7O3S/c1-20(2)19-41(38,39)27-9-7-6-8-25(27)32-29-23-12-15-31-28(23)34-30(35-29)33-24-11-10-22(18-26(24)40-5)37-16-13-21(14-17-37)36(3)4/h6-11,18,20-21H,12-17,19H2,1-5H3,(H3,31,32,33,34,35). The van der Waals surface area contributed by atoms with Gasteiger partial charge in [0, 0.05) is 43.0 Å². The van der Waals surface area contributed by atoms with Gasteiger partial charge in [0.15, 0.2) is 9.84 Å². The van der Waals surface area contributed by atoms with Crippen molar-refractivity contribution in [2.75, 3.05) is 67.4 Å². The van der Waals surface area contributed by atoms with E-state index in [0.29, 0.717) is 29.2 Å². The molecule has 3 heterocycles. The summed E-state index contributed by atoms with van der Waals surface area (Å²) in [7, 11) is 2.48. The highest BCUT2D eigenvalue weighted by Crippen LogP contribution is 2.36. The van der Waals surface area contributed by atoms with Crippen LogP contribution in [-0.2, 0) is 16.3 Å². The molecule has 10 nitrogen and oxygen atoms in total. The summed E-state index contributed by atoms with van der Waals surface area (Å²) in [4.78, 5) is 14.5. The van der Waals surface area contributed by atoms with Crippen molar-refractivity contribution in [2.24, 2.45) is 5.92 Å². The molecule has 1 saturated heterocycles. The summed E-state index contributed by atoms with van der Waals surface area (Å²) in [6.07, 6.45) is 2.99. The molecule has 220 valence electrons. The number of benzene rings is 2. The minimum atomic E-state index is -3.47. The Hall–Kier alpha value is -3.57. The Morgan fingerprint density at radius 3 is 2.54 bits per heavy atom. The van der Waals surface area contributed by atoms with E-state index in [4.69, 9.17) is 14.7 Å². The Bertz CT molecular complexity index is 1490. The van der Waals surface area contributed by atoms with Crippen LogP contribution >= 0.6 is 0 Å². The van der Waals surface area contributed by atoms with Crippen LogP contribution in [0.15, 0.2) is 47.4 Å². The fourth-order valence-corrected chi connectivity index (χ4v) is 7.37. The Labute approximate surface area is 243 Å². The summed E-state index contributed by atoms with van der Waals surface area (Å²) in [5, 5.41) is 9.98. The second-order valence-corrected chi connectivity index (χ2v) is 13.4. The number of nitrogens with one attached hydrogen (secondary N) is 3. The second kappa shape index (κ2) is 12.1. The number of sulfone groups is 1. The van der Waals surface area contributed by atoms with Gasteiger partial charge in [0.25, 0.3) is 0 Å². The molecule has 0 atom stereocenters. The molecule has 0 spiro atoms. The topological polar surface area (TPSA) is 112 Å². The minimum Gasteiger partial charge on any atom is -0.494 e. The first kappa shape index (κ1) is 28.9. The normalized spacial score (nSPS) is 15.6. The molecule has 0 aliphatic carbocycles. The number of para-hydroxylation sites is 1. The summed E-state index contributed by atoms with van der Waals surface area (Å²) < 4.78 is 32.0. The molecule has 2 aromatic carbocycles. The van der Waals surface area contributed by atoms with Crippen LogP contribution in [0.1, 0.15) is 32.3 Å². The van der Waals surface area contributed by atoms with Gasteiger partial charge in [0.1, 0.15) is 17.4 Å². The molecule has 0 radical (unpaired) electrons. The highest BCUT2D eigenvalue weighted by Gasteiger charge is 2.25. The van der Waals surface area contributed by atoms with E-state index in [2.05, 4.69) is 52.0 Å². The zero-order valence-electron chi connectivity index (χ0n) is 24.6. The number of aromatic nitrogens is 2. The summed E-state index contributed by atoms with van der Waals surface area (Å²) in [5.74, 6) is 2.49. The van der Waals surface area contributed by atoms with Gasteiger partial charge in [-0.05, 0) is 63.5 Å². The largest absolute Gasteiger partial charge is 0.494 e. The smallest absolute Gasteiger partial charge is 0.231 e. The maximum absolute atomic E-state index is 13.1. The van der Waals surface area contributed by atoms with Crippen molar-refractivity contribution < 1.29 is 13.2 Å². The third kappa shape index (κ3) is 6.51. The molecule has 5 rings (SSSR count). The van der Waals surface area contributed by atoms with E-state index in [-0.39, 0.29) is 16.6 Å². The van der Waals surface area contributed by atoms with Gasteiger partial charge in [-0.25, -0.2) is 8.42 Å². The summed E-state index contributed by atoms with van der Waals surface area (Å²) in [6, 6.07) is 13.8. The lowest BCUT2D eigenvalue weighted by Gasteiger charge is -2.36. The van der Waals surface area contributed by atoms with Crippen molar-refractivity contribution in [3.05, 3.63) is 48.0 Å². The molecule has 11 heteroatoms. The Kier molecular flexibility index (Phi) is 8.55. The molecular formula is C30H41N7O3S. The minimum absolute atomic E-state index is 0.0163. The van der Waals surface area contributed by atoms with Crippen LogP contribution in [0.25, 0.3) is 0 Å². The molecule has 3 N–H and O–H groups in total. The average molecular weight is 580 g/mol. The summed E-state index contributed by atoms with van der Waals surface area (Å²) in [5.41, 5.74) is 3.31. The first-order chi connectivity index (χ1) is 19.6. The van der Waals surface area contributed by atoms with Gasteiger partial charge in [-0.15, -0.1) is 0 Å². The number of rotatable bonds is 10. The fraction of sp³-hybridized carbons (Fsp3) is 0.467. The fourth-order valence-electron chi connectivity index (χ4n) is 5.57. The number of ether oxygens (including phenoxy) is 1. The maximum atomic E-state index is 13.1. The van der Waals surface area contributed by atoms with Crippen LogP contribution in [0.4, 0.5) is 34.6 Å². The van der Waals surface area contributed by atoms with Crippen molar-refractivity contribution >= 4 is 44.5 Å². The van der Waals surface area contributed by atoms with Crippen LogP contribution < -0.4 is 25.6 Å². The number of fused-ring (bicyclic) bond motifs is 1. The zero-order chi connectivity index (χ0) is 29.1. The van der Waals surface area contributed by atoms with E-state index in [9.17, 15) is 8.42 Å². The first-order valence-corrected chi connectivity index (χ1v) is 15.9. The number of piperidine rings is 1. The van der Waals surface area contributed by atoms with Crippen LogP contribution in [0, 0.1) is 5.92 Å². The molecule has 41 heavy (non-hydrogen) atoms. The monoisotopic (exact) mass is 579 g/mol. The number of nitrogens with zero attached hydrogens (tertiary/aromatic N) is 4. The molecule has 3 aromatic rings. The van der Waals surface area contributed by atoms with Crippen LogP contribution in [-0.4, -0.2) is 75.9 Å². The second-order valence-electron chi connectivity index (χ2n) is 11.4. The van der Waals surface area contributed by atoms with Crippen LogP contribution in [0.2, 0.25) is 0 Å². The predicted molar refractivity (Wildman–Crippen MR) is 166 cm³/mol. The van der Waals surface area contributed by atoms with E-state index in [1.807, 2.05) is 26.0 Å². The maximum Gasteiger partial charge on any atom is 0.231 e. The van der Waals surface area contributed by atoms with Gasteiger partial charge < -0.3 is 30.5 Å². The molecule has 0 bridgehead atoms. The van der Waals surface area contributed by atoms with Crippen molar-refractivity contribution in [2.45, 2.75) is 44.0 Å². The lowest BCUT2D eigenvalue weighted by atomic mass is 10.0. The number of hydrogen-bond acceptors (Lipinski definition) is 10. The predicted octanol–water partition coefficient (Wildman–Crippen LogP) is 4.90. The van der Waals surface area contributed by atoms with Gasteiger partial charge in [-0.2, -0.15) is 9.97 Å². The summed E-state index contributed by atoms with van der Waals surface area (Å²) in [6.45, 7) is 6.55. The molecule has 1 fully saturated rings. The van der Waals surface area contributed by atoms with E-state index in [0.717, 1.165) is 61.7 Å². The quantitative estimate of drug-likeness (QED) is 0.307. The zero-order valence-corrected chi connectivity index (χ0v) is 25.4. The lowest BCUT2D eigenvalue weighted by molar-refractivity contribution is 0.249. The first-order valence-electron chi connectivity index (χ1n) is 14.2. The van der Waals surface area contributed by atoms with Crippen molar-refractivity contribution in [1.82, 2.24) is 14.9 Å². The molecule has 2 aliphatic heterocycles. The lowest BCUT2D eigenvalue weighted by Crippen LogP contribution is -2.41. The van der Waals surface area contributed by atoms with Gasteiger partial charge in [0.2, 0.25) is 5.95 Å². The van der Waals surface area contributed by atoms with Gasteiger partial charge in [-0.3, -0.25) is 0 Å². The van der Waals surface area contributed by atoms with Gasteiger partial charge in [0.05, 0.1) is 29.1 Å². The average Bonchev–Trinajstić information content (AvgIpc) is 3.42. The third-order valence-corrected chi connectivity index (χ3v) is 9.83. The Morgan fingerprint density at radius 1 is 1.07 bits per heavy atom. The van der Waals surface area contributed by atoms with Gasteiger partial charge in [-0.1, -0.05) is 26.0 Å². The third-order valence-electron chi connectivity index (χ3n) is 7.69. The van der Waals surface area contributed by atoms with Crippen LogP contribution in [0.5, 0.6) is 5.75 Å². The van der Waals surface area contributed by atoms with Crippen LogP contribution in [0.3, 0.4) is 0 Å². The van der Waals surface area contributed by atoms with E-state index < -0.39 is 9.84 Å².